The van der Waals surface area contributed by atoms with E-state index in [1.54, 1.807) is 0 Å². The number of nitrogen functional groups attached to an aromatic ring is 1. The molecule has 1 aliphatic carbocycles. The van der Waals surface area contributed by atoms with Crippen LogP contribution in [0.5, 0.6) is 0 Å². The molecule has 0 saturated heterocycles. The highest BCUT2D eigenvalue weighted by Crippen LogP contribution is 2.35. The molecule has 1 aromatic carbocycles. The topological polar surface area (TPSA) is 51.8 Å². The lowest BCUT2D eigenvalue weighted by molar-refractivity contribution is 0.516. The van der Waals surface area contributed by atoms with Crippen molar-refractivity contribution in [2.75, 3.05) is 5.73 Å². The van der Waals surface area contributed by atoms with Gasteiger partial charge in [-0.25, -0.2) is 9.97 Å². The van der Waals surface area contributed by atoms with Gasteiger partial charge in [0.25, 0.3) is 0 Å². The largest absolute Gasteiger partial charge is 0.368 e. The van der Waals surface area contributed by atoms with Crippen LogP contribution in [0.15, 0.2) is 29.3 Å². The molecule has 94 valence electrons. The summed E-state index contributed by atoms with van der Waals surface area (Å²) in [5, 5.41) is 2.86. The fraction of sp³-hybridized carbons (Fsp3) is 0.429. The van der Waals surface area contributed by atoms with Crippen LogP contribution in [0.3, 0.4) is 0 Å². The van der Waals surface area contributed by atoms with Gasteiger partial charge in [0.2, 0.25) is 5.95 Å². The van der Waals surface area contributed by atoms with Gasteiger partial charge >= 0.3 is 0 Å². The van der Waals surface area contributed by atoms with Crippen molar-refractivity contribution < 1.29 is 0 Å². The number of hydrogen-bond acceptors (Lipinski definition) is 4. The monoisotopic (exact) mass is 259 g/mol. The van der Waals surface area contributed by atoms with E-state index in [-0.39, 0.29) is 0 Å². The highest BCUT2D eigenvalue weighted by Gasteiger charge is 2.17. The Morgan fingerprint density at radius 2 is 1.83 bits per heavy atom. The van der Waals surface area contributed by atoms with Crippen molar-refractivity contribution in [3.05, 3.63) is 24.3 Å². The number of nitrogens with two attached hydrogens (primary N) is 1. The van der Waals surface area contributed by atoms with Crippen LogP contribution in [0.1, 0.15) is 32.1 Å². The molecule has 4 heteroatoms. The van der Waals surface area contributed by atoms with Crippen molar-refractivity contribution in [3.8, 4) is 0 Å². The van der Waals surface area contributed by atoms with Gasteiger partial charge in [-0.15, -0.1) is 11.8 Å². The molecule has 0 aliphatic heterocycles. The average molecular weight is 259 g/mol. The van der Waals surface area contributed by atoms with Gasteiger partial charge in [-0.3, -0.25) is 0 Å². The standard InChI is InChI=1S/C14H17N3S/c15-14-16-12-9-5-4-8-11(12)13(17-14)18-10-6-2-1-3-7-10/h4-5,8-10H,1-3,6-7H2,(H2,15,16,17). The summed E-state index contributed by atoms with van der Waals surface area (Å²) in [6.07, 6.45) is 6.65. The first-order chi connectivity index (χ1) is 8.83. The van der Waals surface area contributed by atoms with Gasteiger partial charge in [0.1, 0.15) is 5.03 Å². The molecule has 0 bridgehead atoms. The van der Waals surface area contributed by atoms with E-state index in [4.69, 9.17) is 5.73 Å². The molecule has 18 heavy (non-hydrogen) atoms. The van der Waals surface area contributed by atoms with Crippen molar-refractivity contribution in [1.82, 2.24) is 9.97 Å². The van der Waals surface area contributed by atoms with E-state index in [1.165, 1.54) is 32.1 Å². The molecule has 0 atom stereocenters. The molecule has 1 heterocycles. The quantitative estimate of drug-likeness (QED) is 0.837. The minimum Gasteiger partial charge on any atom is -0.368 e. The summed E-state index contributed by atoms with van der Waals surface area (Å²) in [4.78, 5) is 8.71. The number of nitrogens with zero attached hydrogens (tertiary/aromatic N) is 2. The van der Waals surface area contributed by atoms with E-state index in [2.05, 4.69) is 16.0 Å². The Labute approximate surface area is 111 Å². The van der Waals surface area contributed by atoms with E-state index < -0.39 is 0 Å². The predicted molar refractivity (Wildman–Crippen MR) is 76.7 cm³/mol. The molecular formula is C14H17N3S. The van der Waals surface area contributed by atoms with E-state index in [0.717, 1.165) is 15.9 Å². The second-order valence-corrected chi connectivity index (χ2v) is 6.07. The van der Waals surface area contributed by atoms with E-state index >= 15 is 0 Å². The Balaban J connectivity index is 1.94. The van der Waals surface area contributed by atoms with Crippen LogP contribution in [0.2, 0.25) is 0 Å². The summed E-state index contributed by atoms with van der Waals surface area (Å²) in [5.41, 5.74) is 6.74. The van der Waals surface area contributed by atoms with Crippen LogP contribution in [0, 0.1) is 0 Å². The number of benzene rings is 1. The fourth-order valence-corrected chi connectivity index (χ4v) is 3.83. The summed E-state index contributed by atoms with van der Waals surface area (Å²) in [5.74, 6) is 0.381. The number of aromatic nitrogens is 2. The number of anilines is 1. The Kier molecular flexibility index (Phi) is 3.37. The third-order valence-electron chi connectivity index (χ3n) is 3.42. The molecule has 1 fully saturated rings. The first-order valence-electron chi connectivity index (χ1n) is 6.52. The predicted octanol–water partition coefficient (Wildman–Crippen LogP) is 3.64. The zero-order valence-corrected chi connectivity index (χ0v) is 11.1. The van der Waals surface area contributed by atoms with Gasteiger partial charge in [-0.05, 0) is 18.9 Å². The molecule has 0 radical (unpaired) electrons. The van der Waals surface area contributed by atoms with Crippen molar-refractivity contribution in [2.45, 2.75) is 42.4 Å². The normalized spacial score (nSPS) is 17.1. The molecule has 3 nitrogen and oxygen atoms in total. The molecule has 0 spiro atoms. The molecule has 2 N–H and O–H groups in total. The average Bonchev–Trinajstić information content (AvgIpc) is 2.40. The summed E-state index contributed by atoms with van der Waals surface area (Å²) in [6, 6.07) is 8.11. The maximum Gasteiger partial charge on any atom is 0.221 e. The van der Waals surface area contributed by atoms with Crippen LogP contribution in [-0.4, -0.2) is 15.2 Å². The Morgan fingerprint density at radius 3 is 2.67 bits per heavy atom. The smallest absolute Gasteiger partial charge is 0.221 e. The Bertz CT molecular complexity index is 550. The maximum atomic E-state index is 5.79. The third-order valence-corrected chi connectivity index (χ3v) is 4.76. The van der Waals surface area contributed by atoms with E-state index in [9.17, 15) is 0 Å². The summed E-state index contributed by atoms with van der Waals surface area (Å²) >= 11 is 1.88. The molecule has 1 aliphatic rings. The lowest BCUT2D eigenvalue weighted by atomic mass is 10.0. The SMILES string of the molecule is Nc1nc(SC2CCCCC2)c2ccccc2n1. The first kappa shape index (κ1) is 11.8. The van der Waals surface area contributed by atoms with Crippen LogP contribution in [0.25, 0.3) is 10.9 Å². The Morgan fingerprint density at radius 1 is 1.06 bits per heavy atom. The van der Waals surface area contributed by atoms with Crippen LogP contribution >= 0.6 is 11.8 Å². The minimum atomic E-state index is 0.381. The van der Waals surface area contributed by atoms with Gasteiger partial charge in [0, 0.05) is 10.6 Å². The Hall–Kier alpha value is -1.29. The van der Waals surface area contributed by atoms with Crippen LogP contribution in [-0.2, 0) is 0 Å². The van der Waals surface area contributed by atoms with Crippen LogP contribution < -0.4 is 5.73 Å². The van der Waals surface area contributed by atoms with E-state index in [0.29, 0.717) is 11.2 Å². The van der Waals surface area contributed by atoms with Gasteiger partial charge in [0.05, 0.1) is 5.52 Å². The lowest BCUT2D eigenvalue weighted by Gasteiger charge is -2.21. The highest BCUT2D eigenvalue weighted by atomic mass is 32.2. The zero-order valence-electron chi connectivity index (χ0n) is 10.3. The highest BCUT2D eigenvalue weighted by molar-refractivity contribution is 8.00. The molecular weight excluding hydrogens is 242 g/mol. The molecule has 1 aromatic heterocycles. The van der Waals surface area contributed by atoms with Crippen molar-refractivity contribution in [3.63, 3.8) is 0 Å². The molecule has 0 amide bonds. The number of fused-ring (bicyclic) bond motifs is 1. The van der Waals surface area contributed by atoms with Crippen molar-refractivity contribution in [2.24, 2.45) is 0 Å². The van der Waals surface area contributed by atoms with Gasteiger partial charge < -0.3 is 5.73 Å². The molecule has 1 saturated carbocycles. The number of para-hydroxylation sites is 1. The van der Waals surface area contributed by atoms with Crippen LogP contribution in [0.4, 0.5) is 5.95 Å². The second-order valence-electron chi connectivity index (χ2n) is 4.78. The summed E-state index contributed by atoms with van der Waals surface area (Å²) < 4.78 is 0. The number of hydrogen-bond donors (Lipinski definition) is 1. The third kappa shape index (κ3) is 2.43. The summed E-state index contributed by atoms with van der Waals surface area (Å²) in [7, 11) is 0. The zero-order chi connectivity index (χ0) is 12.4. The number of thioether (sulfide) groups is 1. The minimum absolute atomic E-state index is 0.381. The molecule has 0 unspecified atom stereocenters. The van der Waals surface area contributed by atoms with Crippen molar-refractivity contribution in [1.29, 1.82) is 0 Å². The van der Waals surface area contributed by atoms with Gasteiger partial charge in [-0.1, -0.05) is 37.5 Å². The summed E-state index contributed by atoms with van der Waals surface area (Å²) in [6.45, 7) is 0. The van der Waals surface area contributed by atoms with Crippen molar-refractivity contribution >= 4 is 28.6 Å². The second kappa shape index (κ2) is 5.14. The molecule has 3 rings (SSSR count). The lowest BCUT2D eigenvalue weighted by Crippen LogP contribution is -2.09. The maximum absolute atomic E-state index is 5.79. The first-order valence-corrected chi connectivity index (χ1v) is 7.40. The molecule has 2 aromatic rings. The van der Waals surface area contributed by atoms with Gasteiger partial charge in [-0.2, -0.15) is 0 Å². The fourth-order valence-electron chi connectivity index (χ4n) is 2.50. The number of rotatable bonds is 2. The van der Waals surface area contributed by atoms with Gasteiger partial charge in [0.15, 0.2) is 0 Å². The van der Waals surface area contributed by atoms with E-state index in [1.807, 2.05) is 30.0 Å².